The van der Waals surface area contributed by atoms with Crippen molar-refractivity contribution in [3.63, 3.8) is 0 Å². The van der Waals surface area contributed by atoms with Crippen molar-refractivity contribution < 1.29 is 33.5 Å². The van der Waals surface area contributed by atoms with Crippen molar-refractivity contribution >= 4 is 29.0 Å². The third-order valence-corrected chi connectivity index (χ3v) is 3.22. The quantitative estimate of drug-likeness (QED) is 0.297. The lowest BCUT2D eigenvalue weighted by Gasteiger charge is -2.11. The largest absolute Gasteiger partial charge is 0.493 e. The number of hydrogen-bond acceptors (Lipinski definition) is 10. The molecule has 1 rings (SSSR count). The Bertz CT molecular complexity index is 717. The predicted octanol–water partition coefficient (Wildman–Crippen LogP) is 1.51. The summed E-state index contributed by atoms with van der Waals surface area (Å²) in [6, 6.07) is 2.46. The second-order valence-electron chi connectivity index (χ2n) is 4.72. The van der Waals surface area contributed by atoms with Gasteiger partial charge in [0.25, 0.3) is 5.69 Å². The van der Waals surface area contributed by atoms with Gasteiger partial charge in [-0.25, -0.2) is 4.79 Å². The molecule has 0 amide bonds. The summed E-state index contributed by atoms with van der Waals surface area (Å²) < 4.78 is 19.2. The average molecular weight is 369 g/mol. The molecule has 11 nitrogen and oxygen atoms in total. The molecule has 0 unspecified atom stereocenters. The van der Waals surface area contributed by atoms with Gasteiger partial charge in [-0.15, -0.1) is 0 Å². The van der Waals surface area contributed by atoms with Crippen LogP contribution >= 0.6 is 0 Å². The van der Waals surface area contributed by atoms with Crippen molar-refractivity contribution in [3.8, 4) is 11.5 Å². The van der Waals surface area contributed by atoms with E-state index in [9.17, 15) is 19.7 Å². The molecule has 0 aromatic heterocycles. The van der Waals surface area contributed by atoms with E-state index >= 15 is 0 Å². The topological polar surface area (TPSA) is 139 Å². The molecule has 0 aliphatic rings. The van der Waals surface area contributed by atoms with Gasteiger partial charge in [-0.2, -0.15) is 5.10 Å². The van der Waals surface area contributed by atoms with E-state index < -0.39 is 16.9 Å². The van der Waals surface area contributed by atoms with Gasteiger partial charge in [0.2, 0.25) is 0 Å². The van der Waals surface area contributed by atoms with Gasteiger partial charge in [0.1, 0.15) is 11.4 Å². The zero-order chi connectivity index (χ0) is 19.7. The van der Waals surface area contributed by atoms with E-state index in [2.05, 4.69) is 20.0 Å². The lowest BCUT2D eigenvalue weighted by molar-refractivity contribution is -0.384. The molecular formula is C15H19N3O8. The lowest BCUT2D eigenvalue weighted by Crippen LogP contribution is -2.19. The second-order valence-corrected chi connectivity index (χ2v) is 4.72. The SMILES string of the molecule is COC(=O)CCC(=NNc1cc(OC)c(OC)cc1[N+](=O)[O-])C(=O)OC. The summed E-state index contributed by atoms with van der Waals surface area (Å²) in [7, 11) is 5.07. The average Bonchev–Trinajstić information content (AvgIpc) is 2.66. The number of anilines is 1. The van der Waals surface area contributed by atoms with Crippen LogP contribution in [0.1, 0.15) is 12.8 Å². The Balaban J connectivity index is 3.19. The predicted molar refractivity (Wildman–Crippen MR) is 90.5 cm³/mol. The number of hydrazone groups is 1. The summed E-state index contributed by atoms with van der Waals surface area (Å²) in [5, 5.41) is 15.1. The number of carbonyl (C=O) groups excluding carboxylic acids is 2. The number of ether oxygens (including phenoxy) is 4. The van der Waals surface area contributed by atoms with E-state index in [0.29, 0.717) is 0 Å². The summed E-state index contributed by atoms with van der Waals surface area (Å²) in [6.07, 6.45) is -0.187. The van der Waals surface area contributed by atoms with Crippen LogP contribution in [0.15, 0.2) is 17.2 Å². The molecule has 1 aromatic rings. The van der Waals surface area contributed by atoms with E-state index in [4.69, 9.17) is 9.47 Å². The number of carbonyl (C=O) groups is 2. The highest BCUT2D eigenvalue weighted by Crippen LogP contribution is 2.37. The first kappa shape index (κ1) is 20.7. The van der Waals surface area contributed by atoms with Gasteiger partial charge in [0, 0.05) is 12.5 Å². The standard InChI is InChI=1S/C15H19N3O8/c1-23-12-7-10(11(18(21)22)8-13(12)24-2)17-16-9(15(20)26-4)5-6-14(19)25-3/h7-8,17H,5-6H2,1-4H3. The summed E-state index contributed by atoms with van der Waals surface area (Å²) in [6.45, 7) is 0. The number of nitrogens with one attached hydrogen (secondary N) is 1. The number of esters is 2. The number of benzene rings is 1. The smallest absolute Gasteiger partial charge is 0.354 e. The number of hydrogen-bond donors (Lipinski definition) is 1. The van der Waals surface area contributed by atoms with Crippen LogP contribution < -0.4 is 14.9 Å². The van der Waals surface area contributed by atoms with Crippen LogP contribution in [0.25, 0.3) is 0 Å². The van der Waals surface area contributed by atoms with Gasteiger partial charge in [-0.3, -0.25) is 20.3 Å². The first-order chi connectivity index (χ1) is 12.4. The Kier molecular flexibility index (Phi) is 7.80. The van der Waals surface area contributed by atoms with Crippen LogP contribution in [0.2, 0.25) is 0 Å². The van der Waals surface area contributed by atoms with Crippen LogP contribution in [0.5, 0.6) is 11.5 Å². The molecule has 0 saturated heterocycles. The van der Waals surface area contributed by atoms with Gasteiger partial charge < -0.3 is 18.9 Å². The molecule has 0 bridgehead atoms. The normalized spacial score (nSPS) is 10.7. The van der Waals surface area contributed by atoms with E-state index in [-0.39, 0.29) is 41.4 Å². The number of rotatable bonds is 9. The minimum atomic E-state index is -0.787. The second kappa shape index (κ2) is 9.81. The Morgan fingerprint density at radius 2 is 1.69 bits per heavy atom. The highest BCUT2D eigenvalue weighted by Gasteiger charge is 2.21. The molecule has 142 valence electrons. The third-order valence-electron chi connectivity index (χ3n) is 3.22. The lowest BCUT2D eigenvalue weighted by atomic mass is 10.2. The molecule has 1 aromatic carbocycles. The zero-order valence-corrected chi connectivity index (χ0v) is 14.7. The van der Waals surface area contributed by atoms with Crippen molar-refractivity contribution in [1.29, 1.82) is 0 Å². The molecule has 1 N–H and O–H groups in total. The van der Waals surface area contributed by atoms with Gasteiger partial charge in [0.15, 0.2) is 11.5 Å². The number of nitrogens with zero attached hydrogens (tertiary/aromatic N) is 2. The fourth-order valence-electron chi connectivity index (χ4n) is 1.88. The maximum atomic E-state index is 11.8. The Labute approximate surface area is 149 Å². The van der Waals surface area contributed by atoms with E-state index in [1.54, 1.807) is 0 Å². The highest BCUT2D eigenvalue weighted by molar-refractivity contribution is 6.36. The molecule has 11 heteroatoms. The van der Waals surface area contributed by atoms with Gasteiger partial charge in [0.05, 0.1) is 45.8 Å². The number of methoxy groups -OCH3 is 4. The molecule has 0 aliphatic heterocycles. The number of nitro groups is 1. The molecule has 0 aliphatic carbocycles. The van der Waals surface area contributed by atoms with Gasteiger partial charge in [-0.1, -0.05) is 0 Å². The molecule has 0 radical (unpaired) electrons. The van der Waals surface area contributed by atoms with Crippen molar-refractivity contribution in [2.75, 3.05) is 33.9 Å². The summed E-state index contributed by atoms with van der Waals surface area (Å²) in [4.78, 5) is 33.6. The molecule has 0 spiro atoms. The molecule has 26 heavy (non-hydrogen) atoms. The number of nitro benzene ring substituents is 1. The van der Waals surface area contributed by atoms with E-state index in [0.717, 1.165) is 13.2 Å². The fourth-order valence-corrected chi connectivity index (χ4v) is 1.88. The molecule has 0 atom stereocenters. The molecule has 0 saturated carbocycles. The van der Waals surface area contributed by atoms with Crippen LogP contribution in [-0.4, -0.2) is 51.0 Å². The van der Waals surface area contributed by atoms with Crippen molar-refractivity contribution in [2.45, 2.75) is 12.8 Å². The Hall–Kier alpha value is -3.37. The van der Waals surface area contributed by atoms with Gasteiger partial charge >= 0.3 is 11.9 Å². The maximum Gasteiger partial charge on any atom is 0.354 e. The van der Waals surface area contributed by atoms with Crippen LogP contribution in [-0.2, 0) is 19.1 Å². The highest BCUT2D eigenvalue weighted by atomic mass is 16.6. The van der Waals surface area contributed by atoms with Crippen LogP contribution in [0, 0.1) is 10.1 Å². The minimum absolute atomic E-state index is 0.0351. The Morgan fingerprint density at radius 3 is 2.19 bits per heavy atom. The van der Waals surface area contributed by atoms with Crippen molar-refractivity contribution in [2.24, 2.45) is 5.10 Å². The minimum Gasteiger partial charge on any atom is -0.493 e. The fraction of sp³-hybridized carbons (Fsp3) is 0.400. The monoisotopic (exact) mass is 369 g/mol. The molecule has 0 fully saturated rings. The van der Waals surface area contributed by atoms with Gasteiger partial charge in [-0.05, 0) is 0 Å². The summed E-state index contributed by atoms with van der Waals surface area (Å²) >= 11 is 0. The van der Waals surface area contributed by atoms with Crippen molar-refractivity contribution in [1.82, 2.24) is 0 Å². The summed E-state index contributed by atoms with van der Waals surface area (Å²) in [5.41, 5.74) is 1.92. The first-order valence-electron chi connectivity index (χ1n) is 7.26. The van der Waals surface area contributed by atoms with Crippen molar-refractivity contribution in [3.05, 3.63) is 22.2 Å². The van der Waals surface area contributed by atoms with E-state index in [1.165, 1.54) is 27.4 Å². The van der Waals surface area contributed by atoms with Crippen LogP contribution in [0.3, 0.4) is 0 Å². The molecular weight excluding hydrogens is 350 g/mol. The maximum absolute atomic E-state index is 11.8. The zero-order valence-electron chi connectivity index (χ0n) is 14.7. The Morgan fingerprint density at radius 1 is 1.08 bits per heavy atom. The van der Waals surface area contributed by atoms with E-state index in [1.807, 2.05) is 0 Å². The van der Waals surface area contributed by atoms with Crippen LogP contribution in [0.4, 0.5) is 11.4 Å². The summed E-state index contributed by atoms with van der Waals surface area (Å²) in [5.74, 6) is -0.944. The third kappa shape index (κ3) is 5.33. The first-order valence-corrected chi connectivity index (χ1v) is 7.26. The molecule has 0 heterocycles.